The molecule has 6 nitrogen and oxygen atoms in total. The van der Waals surface area contributed by atoms with Crippen molar-refractivity contribution < 1.29 is 19.4 Å². The van der Waals surface area contributed by atoms with Crippen molar-refractivity contribution in [3.8, 4) is 17.2 Å². The van der Waals surface area contributed by atoms with Gasteiger partial charge in [0.15, 0.2) is 11.5 Å². The van der Waals surface area contributed by atoms with Gasteiger partial charge in [-0.2, -0.15) is 0 Å². The van der Waals surface area contributed by atoms with Gasteiger partial charge < -0.3 is 19.5 Å². The zero-order valence-electron chi connectivity index (χ0n) is 11.4. The minimum Gasteiger partial charge on any atom is -0.507 e. The first kappa shape index (κ1) is 13.2. The van der Waals surface area contributed by atoms with E-state index in [1.807, 2.05) is 12.1 Å². The van der Waals surface area contributed by atoms with Crippen LogP contribution < -0.4 is 9.47 Å². The highest BCUT2D eigenvalue weighted by atomic mass is 16.7. The van der Waals surface area contributed by atoms with Crippen LogP contribution in [0.1, 0.15) is 15.9 Å². The number of hydrogen-bond donors (Lipinski definition) is 1. The monoisotopic (exact) mass is 286 g/mol. The lowest BCUT2D eigenvalue weighted by molar-refractivity contribution is 0.0781. The van der Waals surface area contributed by atoms with Crippen LogP contribution in [0.4, 0.5) is 0 Å². The Hall–Kier alpha value is -2.76. The van der Waals surface area contributed by atoms with E-state index in [9.17, 15) is 9.90 Å². The molecule has 2 heterocycles. The predicted octanol–water partition coefficient (Wildman–Crippen LogP) is 1.79. The summed E-state index contributed by atoms with van der Waals surface area (Å²) in [6, 6.07) is 6.59. The van der Waals surface area contributed by atoms with Gasteiger partial charge in [-0.05, 0) is 11.6 Å². The van der Waals surface area contributed by atoms with Crippen molar-refractivity contribution in [2.75, 3.05) is 13.8 Å². The Bertz CT molecular complexity index is 673. The number of aromatic nitrogens is 1. The molecule has 0 aliphatic carbocycles. The molecule has 1 N–H and O–H groups in total. The van der Waals surface area contributed by atoms with Gasteiger partial charge in [-0.1, -0.05) is 6.07 Å². The van der Waals surface area contributed by atoms with Gasteiger partial charge in [-0.15, -0.1) is 0 Å². The van der Waals surface area contributed by atoms with E-state index in [1.165, 1.54) is 17.0 Å². The number of rotatable bonds is 3. The average molecular weight is 286 g/mol. The molecule has 2 aromatic rings. The number of phenolic OH excluding ortho intramolecular Hbond substituents is 1. The molecule has 0 fully saturated rings. The van der Waals surface area contributed by atoms with E-state index in [4.69, 9.17) is 9.47 Å². The Morgan fingerprint density at radius 1 is 1.38 bits per heavy atom. The molecule has 21 heavy (non-hydrogen) atoms. The predicted molar refractivity (Wildman–Crippen MR) is 74.3 cm³/mol. The highest BCUT2D eigenvalue weighted by molar-refractivity contribution is 5.97. The van der Waals surface area contributed by atoms with Crippen molar-refractivity contribution in [2.24, 2.45) is 0 Å². The fraction of sp³-hybridized carbons (Fsp3) is 0.200. The van der Waals surface area contributed by atoms with Crippen LogP contribution in [0.5, 0.6) is 17.2 Å². The van der Waals surface area contributed by atoms with Gasteiger partial charge in [0, 0.05) is 38.1 Å². The molecule has 1 aliphatic rings. The van der Waals surface area contributed by atoms with Crippen LogP contribution >= 0.6 is 0 Å². The lowest BCUT2D eigenvalue weighted by Gasteiger charge is -2.18. The molecule has 0 atom stereocenters. The van der Waals surface area contributed by atoms with Gasteiger partial charge in [-0.25, -0.2) is 0 Å². The highest BCUT2D eigenvalue weighted by Gasteiger charge is 2.22. The normalized spacial score (nSPS) is 12.2. The van der Waals surface area contributed by atoms with Crippen molar-refractivity contribution >= 4 is 5.91 Å². The first-order valence-electron chi connectivity index (χ1n) is 6.42. The van der Waals surface area contributed by atoms with E-state index in [2.05, 4.69) is 4.98 Å². The van der Waals surface area contributed by atoms with Crippen molar-refractivity contribution in [3.05, 3.63) is 47.8 Å². The van der Waals surface area contributed by atoms with E-state index in [0.29, 0.717) is 18.0 Å². The summed E-state index contributed by atoms with van der Waals surface area (Å²) in [5.74, 6) is 0.488. The summed E-state index contributed by atoms with van der Waals surface area (Å²) in [5, 5.41) is 9.96. The third-order valence-electron chi connectivity index (χ3n) is 3.21. The number of ether oxygens (including phenoxy) is 2. The standard InChI is InChI=1S/C15H14N2O4/c1-17(8-10-3-2-4-16-7-10)15(19)11-5-13-14(6-12(11)18)21-9-20-13/h2-7,18H,8-9H2,1H3. The molecule has 1 aromatic carbocycles. The molecular weight excluding hydrogens is 272 g/mol. The molecule has 3 rings (SSSR count). The van der Waals surface area contributed by atoms with Gasteiger partial charge in [0.1, 0.15) is 5.75 Å². The van der Waals surface area contributed by atoms with Crippen molar-refractivity contribution in [3.63, 3.8) is 0 Å². The SMILES string of the molecule is CN(Cc1cccnc1)C(=O)c1cc2c(cc1O)OCO2. The largest absolute Gasteiger partial charge is 0.507 e. The summed E-state index contributed by atoms with van der Waals surface area (Å²) in [6.45, 7) is 0.499. The number of fused-ring (bicyclic) bond motifs is 1. The summed E-state index contributed by atoms with van der Waals surface area (Å²) in [7, 11) is 1.67. The van der Waals surface area contributed by atoms with E-state index in [0.717, 1.165) is 5.56 Å². The van der Waals surface area contributed by atoms with E-state index >= 15 is 0 Å². The van der Waals surface area contributed by atoms with Gasteiger partial charge in [0.25, 0.3) is 5.91 Å². The van der Waals surface area contributed by atoms with Crippen LogP contribution in [0.2, 0.25) is 0 Å². The average Bonchev–Trinajstić information content (AvgIpc) is 2.93. The van der Waals surface area contributed by atoms with Crippen LogP contribution in [-0.4, -0.2) is 34.7 Å². The second-order valence-corrected chi connectivity index (χ2v) is 4.75. The Morgan fingerprint density at radius 2 is 2.14 bits per heavy atom. The fourth-order valence-electron chi connectivity index (χ4n) is 2.15. The number of pyridine rings is 1. The summed E-state index contributed by atoms with van der Waals surface area (Å²) in [6.07, 6.45) is 3.37. The summed E-state index contributed by atoms with van der Waals surface area (Å²) >= 11 is 0. The van der Waals surface area contributed by atoms with E-state index in [-0.39, 0.29) is 24.0 Å². The molecule has 0 bridgehead atoms. The molecule has 0 saturated carbocycles. The highest BCUT2D eigenvalue weighted by Crippen LogP contribution is 2.37. The Labute approximate surface area is 121 Å². The summed E-state index contributed by atoms with van der Waals surface area (Å²) in [4.78, 5) is 17.9. The topological polar surface area (TPSA) is 71.9 Å². The van der Waals surface area contributed by atoms with Crippen molar-refractivity contribution in [1.82, 2.24) is 9.88 Å². The van der Waals surface area contributed by atoms with Crippen LogP contribution in [-0.2, 0) is 6.54 Å². The number of carbonyl (C=O) groups excluding carboxylic acids is 1. The Balaban J connectivity index is 1.82. The number of hydrogen-bond acceptors (Lipinski definition) is 5. The zero-order valence-corrected chi connectivity index (χ0v) is 11.4. The summed E-state index contributed by atoms with van der Waals surface area (Å²) in [5.41, 5.74) is 1.10. The van der Waals surface area contributed by atoms with Gasteiger partial charge in [0.2, 0.25) is 6.79 Å². The van der Waals surface area contributed by atoms with Crippen LogP contribution in [0, 0.1) is 0 Å². The van der Waals surface area contributed by atoms with E-state index in [1.54, 1.807) is 19.4 Å². The maximum Gasteiger partial charge on any atom is 0.257 e. The molecule has 108 valence electrons. The van der Waals surface area contributed by atoms with Crippen molar-refractivity contribution in [1.29, 1.82) is 0 Å². The molecular formula is C15H14N2O4. The minimum atomic E-state index is -0.297. The quantitative estimate of drug-likeness (QED) is 0.931. The molecule has 1 amide bonds. The minimum absolute atomic E-state index is 0.0952. The van der Waals surface area contributed by atoms with Gasteiger partial charge in [-0.3, -0.25) is 9.78 Å². The molecule has 0 radical (unpaired) electrons. The maximum atomic E-state index is 12.4. The smallest absolute Gasteiger partial charge is 0.257 e. The molecule has 1 aromatic heterocycles. The van der Waals surface area contributed by atoms with Gasteiger partial charge >= 0.3 is 0 Å². The fourth-order valence-corrected chi connectivity index (χ4v) is 2.15. The number of benzene rings is 1. The van der Waals surface area contributed by atoms with Crippen LogP contribution in [0.3, 0.4) is 0 Å². The third kappa shape index (κ3) is 2.60. The summed E-state index contributed by atoms with van der Waals surface area (Å²) < 4.78 is 10.4. The maximum absolute atomic E-state index is 12.4. The molecule has 0 saturated heterocycles. The molecule has 0 spiro atoms. The first-order valence-corrected chi connectivity index (χ1v) is 6.42. The number of aromatic hydroxyl groups is 1. The first-order chi connectivity index (χ1) is 10.1. The Morgan fingerprint density at radius 3 is 2.86 bits per heavy atom. The van der Waals surface area contributed by atoms with Crippen LogP contribution in [0.15, 0.2) is 36.7 Å². The zero-order chi connectivity index (χ0) is 14.8. The van der Waals surface area contributed by atoms with Gasteiger partial charge in [0.05, 0.1) is 5.56 Å². The lowest BCUT2D eigenvalue weighted by Crippen LogP contribution is -2.26. The molecule has 6 heteroatoms. The number of phenols is 1. The number of carbonyl (C=O) groups is 1. The molecule has 1 aliphatic heterocycles. The van der Waals surface area contributed by atoms with Crippen LogP contribution in [0.25, 0.3) is 0 Å². The van der Waals surface area contributed by atoms with Crippen molar-refractivity contribution in [2.45, 2.75) is 6.54 Å². The number of nitrogens with zero attached hydrogens (tertiary/aromatic N) is 2. The Kier molecular flexibility index (Phi) is 3.35. The third-order valence-corrected chi connectivity index (χ3v) is 3.21. The lowest BCUT2D eigenvalue weighted by atomic mass is 10.1. The molecule has 0 unspecified atom stereocenters. The second kappa shape index (κ2) is 5.32. The number of amides is 1. The van der Waals surface area contributed by atoms with E-state index < -0.39 is 0 Å². The second-order valence-electron chi connectivity index (χ2n) is 4.75.